The molecule has 0 radical (unpaired) electrons. The first-order chi connectivity index (χ1) is 15.0. The molecule has 0 unspecified atom stereocenters. The molecule has 1 aliphatic heterocycles. The fraction of sp³-hybridized carbons (Fsp3) is 0.458. The maximum absolute atomic E-state index is 12.1. The van der Waals surface area contributed by atoms with Crippen molar-refractivity contribution in [1.82, 2.24) is 10.3 Å². The monoisotopic (exact) mass is 441 g/mol. The summed E-state index contributed by atoms with van der Waals surface area (Å²) in [7, 11) is 0. The molecule has 0 fully saturated rings. The first-order valence-electron chi connectivity index (χ1n) is 10.7. The van der Waals surface area contributed by atoms with Crippen LogP contribution in [0.2, 0.25) is 0 Å². The van der Waals surface area contributed by atoms with Crippen LogP contribution in [0, 0.1) is 0 Å². The maximum Gasteiger partial charge on any atom is 0.407 e. The Morgan fingerprint density at radius 3 is 2.66 bits per heavy atom. The van der Waals surface area contributed by atoms with Gasteiger partial charge in [-0.25, -0.2) is 9.78 Å². The molecule has 0 saturated heterocycles. The van der Waals surface area contributed by atoms with Crippen LogP contribution < -0.4 is 20.1 Å². The summed E-state index contributed by atoms with van der Waals surface area (Å²) in [6, 6.07) is 9.17. The van der Waals surface area contributed by atoms with Gasteiger partial charge >= 0.3 is 6.09 Å². The molecule has 2 amide bonds. The van der Waals surface area contributed by atoms with Crippen LogP contribution in [0.25, 0.3) is 0 Å². The standard InChI is InChI=1S/C24H31N3O5/c1-23(2,3)32-22(29)25-13-7-10-20(28)27-16-11-12-21(26-15-16)30-18-8-6-9-19-17(18)14-24(4,5)31-19/h6,8-9,11-12,15H,7,10,13-14H2,1-5H3,(H,25,29)(H,27,28). The Labute approximate surface area is 188 Å². The Hall–Kier alpha value is -3.29. The Balaban J connectivity index is 1.45. The van der Waals surface area contributed by atoms with E-state index in [0.29, 0.717) is 24.5 Å². The molecule has 1 aliphatic rings. The van der Waals surface area contributed by atoms with Crippen LogP contribution in [0.15, 0.2) is 36.5 Å². The topological polar surface area (TPSA) is 98.8 Å². The number of carbonyl (C=O) groups excluding carboxylic acids is 2. The van der Waals surface area contributed by atoms with Crippen molar-refractivity contribution < 1.29 is 23.8 Å². The number of carbonyl (C=O) groups is 2. The van der Waals surface area contributed by atoms with Crippen molar-refractivity contribution in [3.05, 3.63) is 42.1 Å². The van der Waals surface area contributed by atoms with E-state index < -0.39 is 11.7 Å². The van der Waals surface area contributed by atoms with Crippen LogP contribution in [0.5, 0.6) is 17.4 Å². The molecule has 0 bridgehead atoms. The average molecular weight is 442 g/mol. The van der Waals surface area contributed by atoms with Crippen LogP contribution in [0.1, 0.15) is 53.0 Å². The number of nitrogens with one attached hydrogen (secondary N) is 2. The van der Waals surface area contributed by atoms with Gasteiger partial charge in [0.25, 0.3) is 0 Å². The van der Waals surface area contributed by atoms with Crippen LogP contribution >= 0.6 is 0 Å². The third-order valence-corrected chi connectivity index (χ3v) is 4.56. The molecule has 2 aromatic rings. The van der Waals surface area contributed by atoms with Crippen molar-refractivity contribution in [1.29, 1.82) is 0 Å². The summed E-state index contributed by atoms with van der Waals surface area (Å²) >= 11 is 0. The number of nitrogens with zero attached hydrogens (tertiary/aromatic N) is 1. The molecule has 172 valence electrons. The number of rotatable bonds is 7. The fourth-order valence-corrected chi connectivity index (χ4v) is 3.27. The summed E-state index contributed by atoms with van der Waals surface area (Å²) < 4.78 is 17.0. The van der Waals surface area contributed by atoms with Gasteiger partial charge in [-0.2, -0.15) is 0 Å². The lowest BCUT2D eigenvalue weighted by Gasteiger charge is -2.19. The Bertz CT molecular complexity index is 965. The van der Waals surface area contributed by atoms with Gasteiger partial charge in [-0.15, -0.1) is 0 Å². The summed E-state index contributed by atoms with van der Waals surface area (Å²) in [4.78, 5) is 28.0. The van der Waals surface area contributed by atoms with Crippen molar-refractivity contribution in [3.8, 4) is 17.4 Å². The molecular formula is C24H31N3O5. The van der Waals surface area contributed by atoms with E-state index in [1.807, 2.05) is 32.0 Å². The summed E-state index contributed by atoms with van der Waals surface area (Å²) in [6.07, 6.45) is 2.58. The van der Waals surface area contributed by atoms with E-state index >= 15 is 0 Å². The number of pyridine rings is 1. The number of ether oxygens (including phenoxy) is 3. The second-order valence-corrected chi connectivity index (χ2v) is 9.34. The molecule has 2 N–H and O–H groups in total. The van der Waals surface area contributed by atoms with E-state index in [4.69, 9.17) is 14.2 Å². The number of anilines is 1. The van der Waals surface area contributed by atoms with Gasteiger partial charge in [-0.3, -0.25) is 4.79 Å². The highest BCUT2D eigenvalue weighted by Crippen LogP contribution is 2.41. The number of aromatic nitrogens is 1. The predicted molar refractivity (Wildman–Crippen MR) is 121 cm³/mol. The summed E-state index contributed by atoms with van der Waals surface area (Å²) in [6.45, 7) is 9.83. The number of alkyl carbamates (subject to hydrolysis) is 1. The summed E-state index contributed by atoms with van der Waals surface area (Å²) in [5, 5.41) is 5.42. The fourth-order valence-electron chi connectivity index (χ4n) is 3.27. The van der Waals surface area contributed by atoms with Crippen molar-refractivity contribution in [2.75, 3.05) is 11.9 Å². The lowest BCUT2D eigenvalue weighted by Crippen LogP contribution is -2.33. The minimum Gasteiger partial charge on any atom is -0.487 e. The first-order valence-corrected chi connectivity index (χ1v) is 10.7. The largest absolute Gasteiger partial charge is 0.487 e. The number of benzene rings is 1. The Morgan fingerprint density at radius 1 is 1.19 bits per heavy atom. The van der Waals surface area contributed by atoms with Crippen molar-refractivity contribution >= 4 is 17.7 Å². The highest BCUT2D eigenvalue weighted by atomic mass is 16.6. The van der Waals surface area contributed by atoms with Crippen LogP contribution in [0.4, 0.5) is 10.5 Å². The van der Waals surface area contributed by atoms with E-state index in [2.05, 4.69) is 15.6 Å². The lowest BCUT2D eigenvalue weighted by atomic mass is 10.0. The minimum atomic E-state index is -0.546. The van der Waals surface area contributed by atoms with Gasteiger partial charge in [0.2, 0.25) is 11.8 Å². The number of hydrogen-bond acceptors (Lipinski definition) is 6. The smallest absolute Gasteiger partial charge is 0.407 e. The van der Waals surface area contributed by atoms with E-state index in [1.54, 1.807) is 39.1 Å². The minimum absolute atomic E-state index is 0.160. The van der Waals surface area contributed by atoms with Crippen LogP contribution in [-0.4, -0.2) is 34.7 Å². The lowest BCUT2D eigenvalue weighted by molar-refractivity contribution is -0.116. The quantitative estimate of drug-likeness (QED) is 0.597. The Morgan fingerprint density at radius 2 is 1.97 bits per heavy atom. The molecule has 1 aromatic carbocycles. The zero-order valence-corrected chi connectivity index (χ0v) is 19.3. The van der Waals surface area contributed by atoms with E-state index in [-0.39, 0.29) is 17.9 Å². The van der Waals surface area contributed by atoms with Crippen molar-refractivity contribution in [2.24, 2.45) is 0 Å². The summed E-state index contributed by atoms with van der Waals surface area (Å²) in [5.41, 5.74) is 0.794. The SMILES string of the molecule is CC(C)(C)OC(=O)NCCCC(=O)Nc1ccc(Oc2cccc3c2CC(C)(C)O3)nc1. The van der Waals surface area contributed by atoms with Gasteiger partial charge in [0, 0.05) is 31.0 Å². The van der Waals surface area contributed by atoms with Gasteiger partial charge in [0.05, 0.1) is 11.9 Å². The maximum atomic E-state index is 12.1. The molecule has 8 nitrogen and oxygen atoms in total. The van der Waals surface area contributed by atoms with Gasteiger partial charge in [0.1, 0.15) is 22.7 Å². The van der Waals surface area contributed by atoms with Crippen molar-refractivity contribution in [2.45, 2.75) is 65.1 Å². The molecule has 0 atom stereocenters. The molecule has 8 heteroatoms. The van der Waals surface area contributed by atoms with Gasteiger partial charge in [-0.05, 0) is 59.2 Å². The van der Waals surface area contributed by atoms with E-state index in [9.17, 15) is 9.59 Å². The number of amides is 2. The molecular weight excluding hydrogens is 410 g/mol. The highest BCUT2D eigenvalue weighted by molar-refractivity contribution is 5.90. The van der Waals surface area contributed by atoms with Gasteiger partial charge < -0.3 is 24.8 Å². The predicted octanol–water partition coefficient (Wildman–Crippen LogP) is 4.83. The molecule has 0 spiro atoms. The number of fused-ring (bicyclic) bond motifs is 1. The molecule has 0 saturated carbocycles. The molecule has 32 heavy (non-hydrogen) atoms. The molecule has 3 rings (SSSR count). The second-order valence-electron chi connectivity index (χ2n) is 9.34. The van der Waals surface area contributed by atoms with Crippen molar-refractivity contribution in [3.63, 3.8) is 0 Å². The van der Waals surface area contributed by atoms with Gasteiger partial charge in [0.15, 0.2) is 0 Å². The Kier molecular flexibility index (Phi) is 6.91. The third kappa shape index (κ3) is 6.87. The second kappa shape index (κ2) is 9.46. The van der Waals surface area contributed by atoms with Crippen LogP contribution in [0.3, 0.4) is 0 Å². The normalized spacial score (nSPS) is 14.2. The van der Waals surface area contributed by atoms with Crippen LogP contribution in [-0.2, 0) is 16.0 Å². The molecule has 1 aromatic heterocycles. The summed E-state index contributed by atoms with van der Waals surface area (Å²) in [5.74, 6) is 1.82. The third-order valence-electron chi connectivity index (χ3n) is 4.56. The average Bonchev–Trinajstić information content (AvgIpc) is 3.00. The molecule has 0 aliphatic carbocycles. The van der Waals surface area contributed by atoms with E-state index in [0.717, 1.165) is 23.5 Å². The zero-order chi connectivity index (χ0) is 23.4. The number of hydrogen-bond donors (Lipinski definition) is 2. The van der Waals surface area contributed by atoms with Gasteiger partial charge in [-0.1, -0.05) is 6.07 Å². The zero-order valence-electron chi connectivity index (χ0n) is 19.3. The molecule has 2 heterocycles. The highest BCUT2D eigenvalue weighted by Gasteiger charge is 2.32. The van der Waals surface area contributed by atoms with E-state index in [1.165, 1.54) is 0 Å². The first kappa shape index (κ1) is 23.4.